The molecule has 1 N–H and O–H groups in total. The predicted octanol–water partition coefficient (Wildman–Crippen LogP) is 1.73. The molecule has 0 saturated heterocycles. The van der Waals surface area contributed by atoms with Gasteiger partial charge in [0.1, 0.15) is 11.5 Å². The van der Waals surface area contributed by atoms with E-state index in [1.165, 1.54) is 0 Å². The van der Waals surface area contributed by atoms with Crippen LogP contribution in [0.25, 0.3) is 0 Å². The quantitative estimate of drug-likeness (QED) is 0.638. The Morgan fingerprint density at radius 3 is 3.11 bits per heavy atom. The van der Waals surface area contributed by atoms with Crippen molar-refractivity contribution in [3.05, 3.63) is 23.8 Å². The van der Waals surface area contributed by atoms with Crippen LogP contribution in [0.1, 0.15) is 25.3 Å². The molecule has 0 amide bonds. The van der Waals surface area contributed by atoms with Crippen LogP contribution in [0.5, 0.6) is 11.5 Å². The molecule has 0 spiro atoms. The number of aliphatic hydroxyl groups is 1. The van der Waals surface area contributed by atoms with E-state index in [2.05, 4.69) is 0 Å². The summed E-state index contributed by atoms with van der Waals surface area (Å²) < 4.78 is 11.2. The highest BCUT2D eigenvalue weighted by molar-refractivity contribution is 5.64. The Labute approximate surface area is 107 Å². The van der Waals surface area contributed by atoms with Gasteiger partial charge < -0.3 is 14.6 Å². The number of hydrogen-bond acceptors (Lipinski definition) is 4. The number of rotatable bonds is 5. The molecule has 0 aromatic heterocycles. The van der Waals surface area contributed by atoms with Crippen LogP contribution in [-0.2, 0) is 11.2 Å². The Bertz CT molecular complexity index is 430. The number of hydrogen-bond donors (Lipinski definition) is 1. The SMILES string of the molecule is CC1(C=O)CCc2ccc(OCCCO)cc2O1. The van der Waals surface area contributed by atoms with Crippen LogP contribution in [0, 0.1) is 0 Å². The Morgan fingerprint density at radius 2 is 2.39 bits per heavy atom. The van der Waals surface area contributed by atoms with E-state index in [-0.39, 0.29) is 6.61 Å². The van der Waals surface area contributed by atoms with Crippen molar-refractivity contribution in [1.82, 2.24) is 0 Å². The van der Waals surface area contributed by atoms with E-state index < -0.39 is 5.60 Å². The summed E-state index contributed by atoms with van der Waals surface area (Å²) in [6, 6.07) is 5.67. The molecule has 4 nitrogen and oxygen atoms in total. The minimum Gasteiger partial charge on any atom is -0.493 e. The van der Waals surface area contributed by atoms with E-state index in [9.17, 15) is 4.79 Å². The van der Waals surface area contributed by atoms with E-state index in [0.717, 1.165) is 24.0 Å². The summed E-state index contributed by atoms with van der Waals surface area (Å²) >= 11 is 0. The van der Waals surface area contributed by atoms with Crippen LogP contribution >= 0.6 is 0 Å². The molecule has 1 unspecified atom stereocenters. The molecule has 0 radical (unpaired) electrons. The predicted molar refractivity (Wildman–Crippen MR) is 67.1 cm³/mol. The zero-order valence-corrected chi connectivity index (χ0v) is 10.5. The number of ether oxygens (including phenoxy) is 2. The second-order valence-electron chi connectivity index (χ2n) is 4.73. The van der Waals surface area contributed by atoms with Gasteiger partial charge in [-0.2, -0.15) is 0 Å². The maximum Gasteiger partial charge on any atom is 0.163 e. The lowest BCUT2D eigenvalue weighted by Gasteiger charge is -2.31. The Kier molecular flexibility index (Phi) is 3.87. The van der Waals surface area contributed by atoms with Gasteiger partial charge in [-0.05, 0) is 31.4 Å². The van der Waals surface area contributed by atoms with Gasteiger partial charge in [0, 0.05) is 19.1 Å². The molecule has 1 aromatic rings. The second kappa shape index (κ2) is 5.40. The van der Waals surface area contributed by atoms with Crippen molar-refractivity contribution < 1.29 is 19.4 Å². The van der Waals surface area contributed by atoms with Gasteiger partial charge >= 0.3 is 0 Å². The molecule has 2 rings (SSSR count). The van der Waals surface area contributed by atoms with Gasteiger partial charge in [-0.25, -0.2) is 0 Å². The molecule has 0 fully saturated rings. The van der Waals surface area contributed by atoms with Gasteiger partial charge in [-0.3, -0.25) is 4.79 Å². The van der Waals surface area contributed by atoms with Crippen molar-refractivity contribution in [3.8, 4) is 11.5 Å². The molecule has 1 heterocycles. The van der Waals surface area contributed by atoms with Gasteiger partial charge in [0.25, 0.3) is 0 Å². The smallest absolute Gasteiger partial charge is 0.163 e. The minimum absolute atomic E-state index is 0.116. The van der Waals surface area contributed by atoms with Crippen LogP contribution in [0.2, 0.25) is 0 Å². The third-order valence-corrected chi connectivity index (χ3v) is 3.09. The summed E-state index contributed by atoms with van der Waals surface area (Å²) in [4.78, 5) is 11.0. The summed E-state index contributed by atoms with van der Waals surface area (Å²) in [5.41, 5.74) is 0.375. The summed E-state index contributed by atoms with van der Waals surface area (Å²) in [6.45, 7) is 2.38. The van der Waals surface area contributed by atoms with Crippen molar-refractivity contribution in [3.63, 3.8) is 0 Å². The fourth-order valence-electron chi connectivity index (χ4n) is 1.95. The van der Waals surface area contributed by atoms with Gasteiger partial charge in [0.05, 0.1) is 6.61 Å². The lowest BCUT2D eigenvalue weighted by Crippen LogP contribution is -2.37. The average molecular weight is 250 g/mol. The molecule has 0 bridgehead atoms. The molecular formula is C14H18O4. The fraction of sp³-hybridized carbons (Fsp3) is 0.500. The Balaban J connectivity index is 2.11. The maximum absolute atomic E-state index is 11.0. The molecule has 1 aliphatic heterocycles. The summed E-state index contributed by atoms with van der Waals surface area (Å²) in [7, 11) is 0. The van der Waals surface area contributed by atoms with Gasteiger partial charge in [0.2, 0.25) is 0 Å². The fourth-order valence-corrected chi connectivity index (χ4v) is 1.95. The monoisotopic (exact) mass is 250 g/mol. The van der Waals surface area contributed by atoms with Crippen LogP contribution < -0.4 is 9.47 Å². The number of benzene rings is 1. The summed E-state index contributed by atoms with van der Waals surface area (Å²) in [6.07, 6.45) is 2.99. The van der Waals surface area contributed by atoms with Crippen molar-refractivity contribution in [2.45, 2.75) is 31.8 Å². The number of aryl methyl sites for hydroxylation is 1. The molecule has 18 heavy (non-hydrogen) atoms. The number of carbonyl (C=O) groups is 1. The molecule has 4 heteroatoms. The molecule has 0 saturated carbocycles. The number of aldehydes is 1. The second-order valence-corrected chi connectivity index (χ2v) is 4.73. The third kappa shape index (κ3) is 2.82. The summed E-state index contributed by atoms with van der Waals surface area (Å²) in [5, 5.41) is 8.69. The topological polar surface area (TPSA) is 55.8 Å². The number of carbonyl (C=O) groups excluding carboxylic acids is 1. The van der Waals surface area contributed by atoms with Crippen LogP contribution in [-0.4, -0.2) is 30.2 Å². The van der Waals surface area contributed by atoms with E-state index in [1.807, 2.05) is 18.2 Å². The van der Waals surface area contributed by atoms with E-state index >= 15 is 0 Å². The molecule has 0 aliphatic carbocycles. The number of fused-ring (bicyclic) bond motifs is 1. The van der Waals surface area contributed by atoms with Crippen LogP contribution in [0.4, 0.5) is 0 Å². The van der Waals surface area contributed by atoms with Crippen molar-refractivity contribution in [2.75, 3.05) is 13.2 Å². The standard InChI is InChI=1S/C14H18O4/c1-14(10-16)6-5-11-3-4-12(9-13(11)18-14)17-8-2-7-15/h3-4,9-10,15H,2,5-8H2,1H3. The van der Waals surface area contributed by atoms with Gasteiger partial charge in [-0.1, -0.05) is 6.07 Å². The third-order valence-electron chi connectivity index (χ3n) is 3.09. The highest BCUT2D eigenvalue weighted by Crippen LogP contribution is 2.34. The highest BCUT2D eigenvalue weighted by Gasteiger charge is 2.31. The number of aliphatic hydroxyl groups excluding tert-OH is 1. The minimum atomic E-state index is -0.725. The van der Waals surface area contributed by atoms with Crippen LogP contribution in [0.3, 0.4) is 0 Å². The zero-order chi connectivity index (χ0) is 13.0. The molecule has 98 valence electrons. The lowest BCUT2D eigenvalue weighted by atomic mass is 9.94. The van der Waals surface area contributed by atoms with Crippen molar-refractivity contribution in [2.24, 2.45) is 0 Å². The first-order valence-corrected chi connectivity index (χ1v) is 6.19. The normalized spacial score (nSPS) is 21.9. The van der Waals surface area contributed by atoms with Gasteiger partial charge in [0.15, 0.2) is 11.9 Å². The van der Waals surface area contributed by atoms with Gasteiger partial charge in [-0.15, -0.1) is 0 Å². The molecular weight excluding hydrogens is 232 g/mol. The molecule has 1 aliphatic rings. The first-order valence-electron chi connectivity index (χ1n) is 6.19. The van der Waals surface area contributed by atoms with E-state index in [0.29, 0.717) is 25.2 Å². The van der Waals surface area contributed by atoms with E-state index in [1.54, 1.807) is 6.92 Å². The largest absolute Gasteiger partial charge is 0.493 e. The van der Waals surface area contributed by atoms with Crippen LogP contribution in [0.15, 0.2) is 18.2 Å². The maximum atomic E-state index is 11.0. The first kappa shape index (κ1) is 12.9. The molecule has 1 atom stereocenters. The average Bonchev–Trinajstić information content (AvgIpc) is 2.39. The highest BCUT2D eigenvalue weighted by atomic mass is 16.5. The van der Waals surface area contributed by atoms with E-state index in [4.69, 9.17) is 14.6 Å². The van der Waals surface area contributed by atoms with Crippen molar-refractivity contribution in [1.29, 1.82) is 0 Å². The first-order chi connectivity index (χ1) is 8.67. The van der Waals surface area contributed by atoms with Crippen molar-refractivity contribution >= 4 is 6.29 Å². The lowest BCUT2D eigenvalue weighted by molar-refractivity contribution is -0.121. The Morgan fingerprint density at radius 1 is 1.56 bits per heavy atom. The Hall–Kier alpha value is -1.55. The zero-order valence-electron chi connectivity index (χ0n) is 10.5. The molecule has 1 aromatic carbocycles. The summed E-state index contributed by atoms with van der Waals surface area (Å²) in [5.74, 6) is 1.43.